The van der Waals surface area contributed by atoms with Gasteiger partial charge in [-0.15, -0.1) is 0 Å². The van der Waals surface area contributed by atoms with Crippen LogP contribution in [0.25, 0.3) is 0 Å². The van der Waals surface area contributed by atoms with Crippen molar-refractivity contribution in [2.75, 3.05) is 6.54 Å². The Morgan fingerprint density at radius 2 is 2.12 bits per heavy atom. The van der Waals surface area contributed by atoms with Crippen LogP contribution in [-0.4, -0.2) is 28.8 Å². The number of hydrogen-bond donors (Lipinski definition) is 3. The number of carbonyl (C=O) groups excluding carboxylic acids is 1. The van der Waals surface area contributed by atoms with Gasteiger partial charge in [0.1, 0.15) is 5.82 Å². The molecule has 1 aromatic carbocycles. The second kappa shape index (κ2) is 6.50. The van der Waals surface area contributed by atoms with E-state index in [4.69, 9.17) is 0 Å². The Kier molecular flexibility index (Phi) is 4.19. The largest absolute Gasteiger partial charge is 0.338 e. The van der Waals surface area contributed by atoms with Crippen molar-refractivity contribution in [3.63, 3.8) is 0 Å². The molecule has 2 aromatic rings. The Morgan fingerprint density at radius 3 is 2.88 bits per heavy atom. The summed E-state index contributed by atoms with van der Waals surface area (Å²) in [6, 6.07) is 6.72. The summed E-state index contributed by atoms with van der Waals surface area (Å²) in [4.78, 5) is 12.2. The molecule has 1 fully saturated rings. The van der Waals surface area contributed by atoms with Crippen LogP contribution in [0.15, 0.2) is 30.5 Å². The quantitative estimate of drug-likeness (QED) is 0.782. The number of fused-ring (bicyclic) bond motifs is 1. The van der Waals surface area contributed by atoms with Gasteiger partial charge < -0.3 is 10.6 Å². The average molecular weight is 342 g/mol. The van der Waals surface area contributed by atoms with Gasteiger partial charge >= 0.3 is 6.03 Å². The predicted octanol–water partition coefficient (Wildman–Crippen LogP) is 2.73. The van der Waals surface area contributed by atoms with Gasteiger partial charge in [0.2, 0.25) is 0 Å². The number of benzene rings is 1. The summed E-state index contributed by atoms with van der Waals surface area (Å²) in [7, 11) is 0. The van der Waals surface area contributed by atoms with Gasteiger partial charge in [0.15, 0.2) is 0 Å². The van der Waals surface area contributed by atoms with Gasteiger partial charge in [-0.1, -0.05) is 12.1 Å². The second-order valence-corrected chi connectivity index (χ2v) is 7.44. The lowest BCUT2D eigenvalue weighted by molar-refractivity contribution is 0.232. The number of rotatable bonds is 5. The van der Waals surface area contributed by atoms with E-state index in [0.29, 0.717) is 6.54 Å². The number of amides is 2. The molecule has 1 atom stereocenters. The Hall–Kier alpha value is -2.37. The number of halogens is 1. The molecule has 25 heavy (non-hydrogen) atoms. The Bertz CT molecular complexity index is 751. The molecule has 132 valence electrons. The minimum Gasteiger partial charge on any atom is -0.338 e. The van der Waals surface area contributed by atoms with Crippen molar-refractivity contribution in [2.45, 2.75) is 44.6 Å². The summed E-state index contributed by atoms with van der Waals surface area (Å²) in [5, 5.41) is 13.2. The Morgan fingerprint density at radius 1 is 1.32 bits per heavy atom. The second-order valence-electron chi connectivity index (χ2n) is 7.44. The van der Waals surface area contributed by atoms with Crippen molar-refractivity contribution in [3.05, 3.63) is 53.1 Å². The van der Waals surface area contributed by atoms with Crippen LogP contribution in [-0.2, 0) is 19.3 Å². The maximum absolute atomic E-state index is 13.0. The molecule has 0 aliphatic heterocycles. The van der Waals surface area contributed by atoms with Crippen molar-refractivity contribution < 1.29 is 9.18 Å². The van der Waals surface area contributed by atoms with Crippen molar-refractivity contribution in [3.8, 4) is 0 Å². The van der Waals surface area contributed by atoms with Crippen molar-refractivity contribution in [2.24, 2.45) is 5.41 Å². The summed E-state index contributed by atoms with van der Waals surface area (Å²) in [5.74, 6) is -0.209. The van der Waals surface area contributed by atoms with Crippen molar-refractivity contribution in [1.82, 2.24) is 20.8 Å². The van der Waals surface area contributed by atoms with Crippen LogP contribution in [0, 0.1) is 11.2 Å². The highest BCUT2D eigenvalue weighted by molar-refractivity contribution is 5.74. The smallest absolute Gasteiger partial charge is 0.315 e. The van der Waals surface area contributed by atoms with E-state index in [2.05, 4.69) is 20.8 Å². The van der Waals surface area contributed by atoms with Crippen molar-refractivity contribution >= 4 is 6.03 Å². The van der Waals surface area contributed by atoms with Crippen molar-refractivity contribution in [1.29, 1.82) is 0 Å². The first-order chi connectivity index (χ1) is 12.1. The van der Waals surface area contributed by atoms with Crippen LogP contribution in [0.4, 0.5) is 9.18 Å². The molecular formula is C19H23FN4O. The van der Waals surface area contributed by atoms with E-state index in [1.807, 2.05) is 18.3 Å². The molecule has 1 aromatic heterocycles. The molecule has 0 spiro atoms. The standard InChI is InChI=1S/C19H23FN4O/c20-15-4-1-13(2-5-15)10-19(7-8-19)12-21-18(25)23-16-6-3-14-11-22-24-17(14)9-16/h1-2,4-5,11,16H,3,6-10,12H2,(H,22,24)(H2,21,23,25)/t16-/m0/s1. The number of urea groups is 1. The van der Waals surface area contributed by atoms with Gasteiger partial charge in [-0.25, -0.2) is 9.18 Å². The topological polar surface area (TPSA) is 69.8 Å². The van der Waals surface area contributed by atoms with Gasteiger partial charge in [0, 0.05) is 24.7 Å². The van der Waals surface area contributed by atoms with Crippen LogP contribution >= 0.6 is 0 Å². The van der Waals surface area contributed by atoms with Gasteiger partial charge in [-0.3, -0.25) is 5.10 Å². The average Bonchev–Trinajstić information content (AvgIpc) is 3.21. The summed E-state index contributed by atoms with van der Waals surface area (Å²) in [6.45, 7) is 0.665. The molecule has 2 amide bonds. The third-order valence-electron chi connectivity index (χ3n) is 5.43. The molecule has 6 heteroatoms. The summed E-state index contributed by atoms with van der Waals surface area (Å²) in [5.41, 5.74) is 3.65. The van der Waals surface area contributed by atoms with E-state index in [9.17, 15) is 9.18 Å². The molecular weight excluding hydrogens is 319 g/mol. The van der Waals surface area contributed by atoms with Crippen LogP contribution in [0.5, 0.6) is 0 Å². The molecule has 2 aliphatic carbocycles. The van der Waals surface area contributed by atoms with Gasteiger partial charge in [0.25, 0.3) is 0 Å². The number of hydrogen-bond acceptors (Lipinski definition) is 2. The van der Waals surface area contributed by atoms with Crippen LogP contribution < -0.4 is 10.6 Å². The lowest BCUT2D eigenvalue weighted by Crippen LogP contribution is -2.46. The number of nitrogens with zero attached hydrogens (tertiary/aromatic N) is 1. The Balaban J connectivity index is 1.25. The zero-order valence-electron chi connectivity index (χ0n) is 14.1. The maximum Gasteiger partial charge on any atom is 0.315 e. The first kappa shape index (κ1) is 16.1. The highest BCUT2D eigenvalue weighted by Gasteiger charge is 2.42. The number of carbonyl (C=O) groups is 1. The molecule has 3 N–H and O–H groups in total. The van der Waals surface area contributed by atoms with Gasteiger partial charge in [-0.2, -0.15) is 5.10 Å². The third kappa shape index (κ3) is 3.83. The summed E-state index contributed by atoms with van der Waals surface area (Å²) >= 11 is 0. The van der Waals surface area contributed by atoms with Gasteiger partial charge in [0.05, 0.1) is 6.20 Å². The molecule has 0 radical (unpaired) electrons. The third-order valence-corrected chi connectivity index (χ3v) is 5.43. The first-order valence-corrected chi connectivity index (χ1v) is 8.92. The fourth-order valence-electron chi connectivity index (χ4n) is 3.66. The van der Waals surface area contributed by atoms with Crippen LogP contribution in [0.1, 0.15) is 36.1 Å². The fourth-order valence-corrected chi connectivity index (χ4v) is 3.66. The lowest BCUT2D eigenvalue weighted by atomic mass is 9.94. The normalized spacial score (nSPS) is 20.6. The van der Waals surface area contributed by atoms with E-state index in [0.717, 1.165) is 49.8 Å². The van der Waals surface area contributed by atoms with E-state index in [-0.39, 0.29) is 23.3 Å². The van der Waals surface area contributed by atoms with E-state index in [1.165, 1.54) is 17.7 Å². The van der Waals surface area contributed by atoms with Crippen LogP contribution in [0.3, 0.4) is 0 Å². The molecule has 2 aliphatic rings. The molecule has 0 unspecified atom stereocenters. The molecule has 0 bridgehead atoms. The number of aryl methyl sites for hydroxylation is 1. The lowest BCUT2D eigenvalue weighted by Gasteiger charge is -2.24. The minimum atomic E-state index is -0.209. The highest BCUT2D eigenvalue weighted by atomic mass is 19.1. The molecule has 4 rings (SSSR count). The number of nitrogens with one attached hydrogen (secondary N) is 3. The number of H-pyrrole nitrogens is 1. The van der Waals surface area contributed by atoms with Gasteiger partial charge in [-0.05, 0) is 60.8 Å². The van der Waals surface area contributed by atoms with E-state index >= 15 is 0 Å². The zero-order chi connectivity index (χ0) is 17.3. The SMILES string of the molecule is O=C(NCC1(Cc2ccc(F)cc2)CC1)N[C@H]1CCc2cn[nH]c2C1. The predicted molar refractivity (Wildman–Crippen MR) is 92.7 cm³/mol. The Labute approximate surface area is 146 Å². The maximum atomic E-state index is 13.0. The highest BCUT2D eigenvalue weighted by Crippen LogP contribution is 2.47. The summed E-state index contributed by atoms with van der Waals surface area (Å²) < 4.78 is 13.0. The number of aromatic amines is 1. The first-order valence-electron chi connectivity index (χ1n) is 8.92. The molecule has 5 nitrogen and oxygen atoms in total. The minimum absolute atomic E-state index is 0.0988. The molecule has 1 saturated carbocycles. The monoisotopic (exact) mass is 342 g/mol. The molecule has 1 heterocycles. The van der Waals surface area contributed by atoms with E-state index in [1.54, 1.807) is 0 Å². The fraction of sp³-hybridized carbons (Fsp3) is 0.474. The van der Waals surface area contributed by atoms with E-state index < -0.39 is 0 Å². The number of aromatic nitrogens is 2. The molecule has 0 saturated heterocycles. The van der Waals surface area contributed by atoms with Crippen LogP contribution in [0.2, 0.25) is 0 Å². The summed E-state index contributed by atoms with van der Waals surface area (Å²) in [6.07, 6.45) is 7.67. The zero-order valence-corrected chi connectivity index (χ0v) is 14.1.